The largest absolute Gasteiger partial charge is 0.298 e. The van der Waals surface area contributed by atoms with Crippen molar-refractivity contribution in [2.24, 2.45) is 0 Å². The first-order valence-corrected chi connectivity index (χ1v) is 9.15. The van der Waals surface area contributed by atoms with E-state index in [0.29, 0.717) is 5.13 Å². The van der Waals surface area contributed by atoms with Crippen LogP contribution >= 0.6 is 34.3 Å². The van der Waals surface area contributed by atoms with Crippen LogP contribution in [0.5, 0.6) is 0 Å². The second-order valence-corrected chi connectivity index (χ2v) is 7.86. The monoisotopic (exact) mass is 362 g/mol. The molecule has 0 saturated heterocycles. The normalized spacial score (nSPS) is 10.7. The molecular weight excluding hydrogens is 348 g/mol. The molecule has 0 bridgehead atoms. The van der Waals surface area contributed by atoms with Gasteiger partial charge in [0.2, 0.25) is 0 Å². The molecule has 118 valence electrons. The second kappa shape index (κ2) is 6.83. The highest BCUT2D eigenvalue weighted by molar-refractivity contribution is 7.15. The van der Waals surface area contributed by atoms with Crippen LogP contribution in [-0.4, -0.2) is 10.9 Å². The number of benzene rings is 1. The molecular formula is C17H15ClN2OS2. The van der Waals surface area contributed by atoms with Crippen LogP contribution in [0.1, 0.15) is 31.2 Å². The molecule has 6 heteroatoms. The molecule has 1 aromatic carbocycles. The summed E-state index contributed by atoms with van der Waals surface area (Å²) in [6.45, 7) is 3.98. The van der Waals surface area contributed by atoms with Crippen LogP contribution in [0.4, 0.5) is 5.13 Å². The fourth-order valence-corrected chi connectivity index (χ4v) is 4.12. The molecule has 2 aromatic heterocycles. The lowest BCUT2D eigenvalue weighted by Crippen LogP contribution is -2.11. The Bertz CT molecular complexity index is 854. The predicted molar refractivity (Wildman–Crippen MR) is 98.1 cm³/mol. The summed E-state index contributed by atoms with van der Waals surface area (Å²) >= 11 is 9.08. The molecule has 0 unspecified atom stereocenters. The lowest BCUT2D eigenvalue weighted by atomic mass is 10.1. The molecule has 0 saturated carbocycles. The van der Waals surface area contributed by atoms with E-state index in [2.05, 4.69) is 10.3 Å². The van der Waals surface area contributed by atoms with Gasteiger partial charge >= 0.3 is 0 Å². The number of aromatic nitrogens is 1. The van der Waals surface area contributed by atoms with Gasteiger partial charge in [-0.3, -0.25) is 10.1 Å². The Morgan fingerprint density at radius 2 is 2.17 bits per heavy atom. The number of amides is 1. The van der Waals surface area contributed by atoms with E-state index < -0.39 is 0 Å². The van der Waals surface area contributed by atoms with Gasteiger partial charge in [0.15, 0.2) is 5.13 Å². The summed E-state index contributed by atoms with van der Waals surface area (Å²) in [4.78, 5) is 18.8. The number of rotatable bonds is 4. The molecule has 1 amide bonds. The summed E-state index contributed by atoms with van der Waals surface area (Å²) in [5.41, 5.74) is 2.88. The molecule has 23 heavy (non-hydrogen) atoms. The van der Waals surface area contributed by atoms with Gasteiger partial charge in [-0.15, -0.1) is 22.7 Å². The summed E-state index contributed by atoms with van der Waals surface area (Å²) < 4.78 is 0. The van der Waals surface area contributed by atoms with E-state index in [1.165, 1.54) is 11.3 Å². The second-order valence-electron chi connectivity index (χ2n) is 5.22. The minimum absolute atomic E-state index is 0.101. The third kappa shape index (κ3) is 3.80. The number of halogens is 1. The SMILES string of the molecule is Cc1scc(C(=O)Nc2ncc(Cc3cccc(Cl)c3)s2)c1C. The highest BCUT2D eigenvalue weighted by Gasteiger charge is 2.14. The van der Waals surface area contributed by atoms with Crippen molar-refractivity contribution in [3.05, 3.63) is 67.3 Å². The molecule has 0 spiro atoms. The van der Waals surface area contributed by atoms with E-state index in [9.17, 15) is 4.79 Å². The summed E-state index contributed by atoms with van der Waals surface area (Å²) in [6.07, 6.45) is 2.55. The maximum Gasteiger partial charge on any atom is 0.258 e. The number of aryl methyl sites for hydroxylation is 1. The van der Waals surface area contributed by atoms with Crippen molar-refractivity contribution in [2.45, 2.75) is 20.3 Å². The number of hydrogen-bond acceptors (Lipinski definition) is 4. The maximum absolute atomic E-state index is 12.3. The first-order valence-electron chi connectivity index (χ1n) is 7.08. The van der Waals surface area contributed by atoms with E-state index in [1.54, 1.807) is 17.5 Å². The Labute approximate surface area is 148 Å². The van der Waals surface area contributed by atoms with Gasteiger partial charge in [-0.1, -0.05) is 23.7 Å². The molecule has 3 nitrogen and oxygen atoms in total. The van der Waals surface area contributed by atoms with Crippen LogP contribution in [0.25, 0.3) is 0 Å². The fourth-order valence-electron chi connectivity index (χ4n) is 2.20. The topological polar surface area (TPSA) is 42.0 Å². The molecule has 0 radical (unpaired) electrons. The molecule has 2 heterocycles. The smallest absolute Gasteiger partial charge is 0.258 e. The number of anilines is 1. The van der Waals surface area contributed by atoms with Gasteiger partial charge < -0.3 is 0 Å². The minimum Gasteiger partial charge on any atom is -0.298 e. The minimum atomic E-state index is -0.101. The van der Waals surface area contributed by atoms with Crippen molar-refractivity contribution in [3.63, 3.8) is 0 Å². The number of thiazole rings is 1. The molecule has 3 rings (SSSR count). The first-order chi connectivity index (χ1) is 11.0. The lowest BCUT2D eigenvalue weighted by molar-refractivity contribution is 0.102. The molecule has 0 aliphatic heterocycles. The third-order valence-electron chi connectivity index (χ3n) is 3.57. The van der Waals surface area contributed by atoms with Crippen LogP contribution in [0.3, 0.4) is 0 Å². The van der Waals surface area contributed by atoms with Gasteiger partial charge in [0, 0.05) is 32.8 Å². The van der Waals surface area contributed by atoms with Crippen LogP contribution in [0.2, 0.25) is 5.02 Å². The van der Waals surface area contributed by atoms with Crippen molar-refractivity contribution in [1.29, 1.82) is 0 Å². The summed E-state index contributed by atoms with van der Waals surface area (Å²) in [5, 5.41) is 6.11. The zero-order chi connectivity index (χ0) is 16.4. The highest BCUT2D eigenvalue weighted by atomic mass is 35.5. The van der Waals surface area contributed by atoms with Gasteiger partial charge in [-0.05, 0) is 37.1 Å². The number of carbonyl (C=O) groups excluding carboxylic acids is 1. The van der Waals surface area contributed by atoms with Crippen molar-refractivity contribution in [2.75, 3.05) is 5.32 Å². The molecule has 3 aromatic rings. The van der Waals surface area contributed by atoms with Gasteiger partial charge in [0.25, 0.3) is 5.91 Å². The van der Waals surface area contributed by atoms with Crippen molar-refractivity contribution >= 4 is 45.3 Å². The Morgan fingerprint density at radius 1 is 1.35 bits per heavy atom. The van der Waals surface area contributed by atoms with Crippen LogP contribution in [0.15, 0.2) is 35.8 Å². The predicted octanol–water partition coefficient (Wildman–Crippen LogP) is 5.32. The number of nitrogens with one attached hydrogen (secondary N) is 1. The van der Waals surface area contributed by atoms with Crippen LogP contribution in [0, 0.1) is 13.8 Å². The highest BCUT2D eigenvalue weighted by Crippen LogP contribution is 2.25. The van der Waals surface area contributed by atoms with Crippen LogP contribution in [-0.2, 0) is 6.42 Å². The van der Waals surface area contributed by atoms with Gasteiger partial charge in [-0.2, -0.15) is 0 Å². The average molecular weight is 363 g/mol. The van der Waals surface area contributed by atoms with E-state index in [1.807, 2.05) is 43.5 Å². The Hall–Kier alpha value is -1.69. The molecule has 1 N–H and O–H groups in total. The molecule has 0 aliphatic rings. The fraction of sp³-hybridized carbons (Fsp3) is 0.176. The summed E-state index contributed by atoms with van der Waals surface area (Å²) in [5.74, 6) is -0.101. The lowest BCUT2D eigenvalue weighted by Gasteiger charge is -2.01. The summed E-state index contributed by atoms with van der Waals surface area (Å²) in [6, 6.07) is 7.76. The number of hydrogen-bond donors (Lipinski definition) is 1. The van der Waals surface area contributed by atoms with Gasteiger partial charge in [0.1, 0.15) is 0 Å². The van der Waals surface area contributed by atoms with Crippen molar-refractivity contribution in [3.8, 4) is 0 Å². The number of carbonyl (C=O) groups is 1. The quantitative estimate of drug-likeness (QED) is 0.682. The van der Waals surface area contributed by atoms with Gasteiger partial charge in [0.05, 0.1) is 5.56 Å². The first kappa shape index (κ1) is 16.2. The standard InChI is InChI=1S/C17H15ClN2OS2/c1-10-11(2)22-9-15(10)16(21)20-17-19-8-14(23-17)7-12-4-3-5-13(18)6-12/h3-6,8-9H,7H2,1-2H3,(H,19,20,21). The molecule has 0 atom stereocenters. The Morgan fingerprint density at radius 3 is 2.87 bits per heavy atom. The van der Waals surface area contributed by atoms with E-state index >= 15 is 0 Å². The van der Waals surface area contributed by atoms with E-state index in [0.717, 1.165) is 37.9 Å². The van der Waals surface area contributed by atoms with Crippen molar-refractivity contribution in [1.82, 2.24) is 4.98 Å². The van der Waals surface area contributed by atoms with Crippen LogP contribution < -0.4 is 5.32 Å². The number of thiophene rings is 1. The third-order valence-corrected chi connectivity index (χ3v) is 5.73. The summed E-state index contributed by atoms with van der Waals surface area (Å²) in [7, 11) is 0. The molecule has 0 aliphatic carbocycles. The Kier molecular flexibility index (Phi) is 4.80. The van der Waals surface area contributed by atoms with Crippen molar-refractivity contribution < 1.29 is 4.79 Å². The Balaban J connectivity index is 1.70. The van der Waals surface area contributed by atoms with E-state index in [-0.39, 0.29) is 5.91 Å². The number of nitrogens with zero attached hydrogens (tertiary/aromatic N) is 1. The molecule has 0 fully saturated rings. The van der Waals surface area contributed by atoms with E-state index in [4.69, 9.17) is 11.6 Å². The average Bonchev–Trinajstić information content (AvgIpc) is 3.07. The van der Waals surface area contributed by atoms with Gasteiger partial charge in [-0.25, -0.2) is 4.98 Å². The zero-order valence-corrected chi connectivity index (χ0v) is 15.1. The maximum atomic E-state index is 12.3. The zero-order valence-electron chi connectivity index (χ0n) is 12.7.